The Labute approximate surface area is 199 Å². The SMILES string of the molecule is CCCCCCCCCCCCCCCCCCNC1NCCN1CC.COS(=O)(=O)O. The lowest BCUT2D eigenvalue weighted by Crippen LogP contribution is -2.47. The lowest BCUT2D eigenvalue weighted by Gasteiger charge is -2.23. The molecule has 0 aromatic rings. The molecule has 0 radical (unpaired) electrons. The van der Waals surface area contributed by atoms with Crippen molar-refractivity contribution in [1.82, 2.24) is 15.5 Å². The Morgan fingerprint density at radius 3 is 1.62 bits per heavy atom. The minimum absolute atomic E-state index is 0.427. The fourth-order valence-corrected chi connectivity index (χ4v) is 4.06. The average Bonchev–Trinajstić information content (AvgIpc) is 3.23. The molecule has 8 heteroatoms. The maximum Gasteiger partial charge on any atom is 0.397 e. The minimum Gasteiger partial charge on any atom is -0.289 e. The topological polar surface area (TPSA) is 90.9 Å². The summed E-state index contributed by atoms with van der Waals surface area (Å²) >= 11 is 0. The summed E-state index contributed by atoms with van der Waals surface area (Å²) < 4.78 is 29.7. The van der Waals surface area contributed by atoms with E-state index in [2.05, 4.69) is 33.6 Å². The van der Waals surface area contributed by atoms with E-state index in [1.54, 1.807) is 0 Å². The largest absolute Gasteiger partial charge is 0.397 e. The van der Waals surface area contributed by atoms with E-state index in [0.717, 1.165) is 26.7 Å². The molecular weight excluding hydrogens is 426 g/mol. The monoisotopic (exact) mass is 479 g/mol. The second kappa shape index (κ2) is 22.5. The van der Waals surface area contributed by atoms with Crippen LogP contribution in [0, 0.1) is 0 Å². The Morgan fingerprint density at radius 1 is 0.844 bits per heavy atom. The highest BCUT2D eigenvalue weighted by molar-refractivity contribution is 7.80. The predicted molar refractivity (Wildman–Crippen MR) is 135 cm³/mol. The lowest BCUT2D eigenvalue weighted by atomic mass is 10.0. The molecule has 0 spiro atoms. The van der Waals surface area contributed by atoms with Gasteiger partial charge in [0.2, 0.25) is 0 Å². The zero-order valence-electron chi connectivity index (χ0n) is 21.2. The summed E-state index contributed by atoms with van der Waals surface area (Å²) in [4.78, 5) is 2.48. The maximum atomic E-state index is 9.33. The van der Waals surface area contributed by atoms with Crippen molar-refractivity contribution in [3.05, 3.63) is 0 Å². The standard InChI is InChI=1S/C23H49N3.CH4O4S/c1-3-5-6-7-8-9-10-11-12-13-14-15-16-17-18-19-20-24-23-25-21-22-26(23)4-2;1-5-6(2,3)4/h23-25H,3-22H2,1-2H3;1H3,(H,2,3,4). The van der Waals surface area contributed by atoms with Crippen LogP contribution in [0.4, 0.5) is 0 Å². The van der Waals surface area contributed by atoms with Crippen LogP contribution >= 0.6 is 0 Å². The number of nitrogens with zero attached hydrogens (tertiary/aromatic N) is 1. The van der Waals surface area contributed by atoms with Gasteiger partial charge in [-0.1, -0.05) is 110 Å². The summed E-state index contributed by atoms with van der Waals surface area (Å²) in [5, 5.41) is 7.17. The molecule has 0 amide bonds. The Balaban J connectivity index is 0.00000140. The van der Waals surface area contributed by atoms with Gasteiger partial charge in [0, 0.05) is 13.1 Å². The van der Waals surface area contributed by atoms with Crippen molar-refractivity contribution in [3.8, 4) is 0 Å². The van der Waals surface area contributed by atoms with Crippen LogP contribution in [0.1, 0.15) is 117 Å². The second-order valence-electron chi connectivity index (χ2n) is 8.84. The van der Waals surface area contributed by atoms with Gasteiger partial charge in [0.25, 0.3) is 0 Å². The normalized spacial score (nSPS) is 16.8. The van der Waals surface area contributed by atoms with Crippen LogP contribution in [-0.2, 0) is 14.6 Å². The van der Waals surface area contributed by atoms with E-state index in [1.807, 2.05) is 0 Å². The van der Waals surface area contributed by atoms with Crippen LogP contribution < -0.4 is 10.6 Å². The van der Waals surface area contributed by atoms with Crippen LogP contribution in [0.3, 0.4) is 0 Å². The molecule has 1 unspecified atom stereocenters. The zero-order chi connectivity index (χ0) is 23.9. The van der Waals surface area contributed by atoms with Crippen LogP contribution in [0.15, 0.2) is 0 Å². The van der Waals surface area contributed by atoms with E-state index in [1.165, 1.54) is 109 Å². The van der Waals surface area contributed by atoms with Crippen molar-refractivity contribution in [1.29, 1.82) is 0 Å². The van der Waals surface area contributed by atoms with Gasteiger partial charge in [0.05, 0.1) is 7.11 Å². The molecule has 0 saturated carbocycles. The number of hydrogen-bond donors (Lipinski definition) is 3. The Hall–Kier alpha value is -0.250. The van der Waals surface area contributed by atoms with Crippen molar-refractivity contribution in [2.45, 2.75) is 123 Å². The van der Waals surface area contributed by atoms with E-state index in [-0.39, 0.29) is 0 Å². The van der Waals surface area contributed by atoms with Gasteiger partial charge < -0.3 is 0 Å². The minimum atomic E-state index is -4.16. The van der Waals surface area contributed by atoms with Crippen molar-refractivity contribution in [2.75, 3.05) is 33.3 Å². The predicted octanol–water partition coefficient (Wildman–Crippen LogP) is 5.48. The highest BCUT2D eigenvalue weighted by Gasteiger charge is 2.20. The van der Waals surface area contributed by atoms with Crippen molar-refractivity contribution < 1.29 is 17.2 Å². The molecule has 1 aliphatic rings. The molecule has 0 aromatic heterocycles. The Morgan fingerprint density at radius 2 is 1.25 bits per heavy atom. The Kier molecular flexibility index (Phi) is 22.4. The van der Waals surface area contributed by atoms with Crippen LogP contribution in [-0.4, -0.2) is 57.4 Å². The van der Waals surface area contributed by atoms with E-state index in [9.17, 15) is 8.42 Å². The Bertz CT molecular complexity index is 492. The first kappa shape index (κ1) is 31.8. The molecule has 1 atom stereocenters. The zero-order valence-corrected chi connectivity index (χ0v) is 22.1. The molecule has 0 aliphatic carbocycles. The molecule has 1 fully saturated rings. The van der Waals surface area contributed by atoms with E-state index >= 15 is 0 Å². The van der Waals surface area contributed by atoms with Crippen molar-refractivity contribution in [3.63, 3.8) is 0 Å². The van der Waals surface area contributed by atoms with E-state index in [4.69, 9.17) is 4.55 Å². The number of rotatable bonds is 20. The van der Waals surface area contributed by atoms with Gasteiger partial charge in [-0.3, -0.25) is 24.3 Å². The van der Waals surface area contributed by atoms with Crippen LogP contribution in [0.5, 0.6) is 0 Å². The van der Waals surface area contributed by atoms with Gasteiger partial charge >= 0.3 is 10.4 Å². The molecule has 32 heavy (non-hydrogen) atoms. The molecule has 3 N–H and O–H groups in total. The maximum absolute atomic E-state index is 9.33. The van der Waals surface area contributed by atoms with Crippen LogP contribution in [0.2, 0.25) is 0 Å². The molecule has 1 rings (SSSR count). The van der Waals surface area contributed by atoms with E-state index < -0.39 is 10.4 Å². The molecule has 1 heterocycles. The first-order valence-electron chi connectivity index (χ1n) is 13.2. The molecule has 194 valence electrons. The van der Waals surface area contributed by atoms with Gasteiger partial charge in [0.15, 0.2) is 0 Å². The summed E-state index contributed by atoms with van der Waals surface area (Å²) in [6, 6.07) is 0. The number of unbranched alkanes of at least 4 members (excludes halogenated alkanes) is 15. The highest BCUT2D eigenvalue weighted by Crippen LogP contribution is 2.13. The summed E-state index contributed by atoms with van der Waals surface area (Å²) in [6.45, 7) is 9.16. The molecule has 0 bridgehead atoms. The smallest absolute Gasteiger partial charge is 0.289 e. The first-order valence-corrected chi connectivity index (χ1v) is 14.5. The molecule has 1 saturated heterocycles. The molecule has 1 aliphatic heterocycles. The fourth-order valence-electron chi connectivity index (χ4n) is 4.06. The molecule has 7 nitrogen and oxygen atoms in total. The van der Waals surface area contributed by atoms with Gasteiger partial charge in [-0.15, -0.1) is 0 Å². The second-order valence-corrected chi connectivity index (χ2v) is 10.0. The number of nitrogens with one attached hydrogen (secondary N) is 2. The molecule has 0 aromatic carbocycles. The first-order chi connectivity index (χ1) is 15.4. The summed E-state index contributed by atoms with van der Waals surface area (Å²) in [5.41, 5.74) is 0. The third kappa shape index (κ3) is 21.6. The van der Waals surface area contributed by atoms with Gasteiger partial charge in [-0.05, 0) is 19.5 Å². The lowest BCUT2D eigenvalue weighted by molar-refractivity contribution is 0.213. The summed E-state index contributed by atoms with van der Waals surface area (Å²) in [6.07, 6.45) is 23.5. The van der Waals surface area contributed by atoms with Crippen molar-refractivity contribution in [2.24, 2.45) is 0 Å². The highest BCUT2D eigenvalue weighted by atomic mass is 32.3. The third-order valence-electron chi connectivity index (χ3n) is 6.09. The van der Waals surface area contributed by atoms with Crippen molar-refractivity contribution >= 4 is 10.4 Å². The van der Waals surface area contributed by atoms with E-state index in [0.29, 0.717) is 6.29 Å². The number of hydrogen-bond acceptors (Lipinski definition) is 6. The van der Waals surface area contributed by atoms with Gasteiger partial charge in [0.1, 0.15) is 6.29 Å². The molecular formula is C24H53N3O4S. The number of likely N-dealkylation sites (N-methyl/N-ethyl adjacent to an activating group) is 1. The summed E-state index contributed by atoms with van der Waals surface area (Å²) in [7, 11) is -3.29. The van der Waals surface area contributed by atoms with Gasteiger partial charge in [-0.25, -0.2) is 0 Å². The fraction of sp³-hybridized carbons (Fsp3) is 1.00. The quantitative estimate of drug-likeness (QED) is 0.157. The third-order valence-corrected chi connectivity index (χ3v) is 6.51. The summed E-state index contributed by atoms with van der Waals surface area (Å²) in [5.74, 6) is 0. The van der Waals surface area contributed by atoms with Crippen LogP contribution in [0.25, 0.3) is 0 Å². The average molecular weight is 480 g/mol. The van der Waals surface area contributed by atoms with Gasteiger partial charge in [-0.2, -0.15) is 8.42 Å².